The molecule has 0 saturated carbocycles. The van der Waals surface area contributed by atoms with E-state index >= 15 is 0 Å². The van der Waals surface area contributed by atoms with Gasteiger partial charge in [-0.25, -0.2) is 0 Å². The van der Waals surface area contributed by atoms with Gasteiger partial charge in [-0.1, -0.05) is 12.1 Å². The standard InChI is InChI=1S/C18H26N2/c1-5-6-7-11-20-12-10-16-13-15(8-9-17(16)20)14-19-18(2,3)4/h5,8-10,12-13,19H,1,6-7,11,14H2,2-4H3. The lowest BCUT2D eigenvalue weighted by molar-refractivity contribution is 0.424. The van der Waals surface area contributed by atoms with E-state index < -0.39 is 0 Å². The Kier molecular flexibility index (Phi) is 4.66. The lowest BCUT2D eigenvalue weighted by atomic mass is 10.1. The number of hydrogen-bond acceptors (Lipinski definition) is 1. The van der Waals surface area contributed by atoms with Gasteiger partial charge < -0.3 is 9.88 Å². The van der Waals surface area contributed by atoms with Crippen LogP contribution >= 0.6 is 0 Å². The number of fused-ring (bicyclic) bond motifs is 1. The Bertz CT molecular complexity index is 573. The van der Waals surface area contributed by atoms with E-state index in [2.05, 4.69) is 67.7 Å². The van der Waals surface area contributed by atoms with E-state index in [4.69, 9.17) is 0 Å². The molecule has 0 unspecified atom stereocenters. The molecule has 0 spiro atoms. The average molecular weight is 270 g/mol. The van der Waals surface area contributed by atoms with E-state index in [1.807, 2.05) is 6.08 Å². The number of allylic oxidation sites excluding steroid dienone is 1. The average Bonchev–Trinajstić information content (AvgIpc) is 2.79. The molecule has 2 rings (SSSR count). The number of hydrogen-bond donors (Lipinski definition) is 1. The van der Waals surface area contributed by atoms with Crippen LogP contribution in [-0.2, 0) is 13.1 Å². The van der Waals surface area contributed by atoms with Gasteiger partial charge >= 0.3 is 0 Å². The molecule has 1 N–H and O–H groups in total. The first-order chi connectivity index (χ1) is 9.49. The highest BCUT2D eigenvalue weighted by Gasteiger charge is 2.09. The maximum absolute atomic E-state index is 3.78. The molecule has 20 heavy (non-hydrogen) atoms. The van der Waals surface area contributed by atoms with Crippen molar-refractivity contribution in [3.8, 4) is 0 Å². The molecule has 2 aromatic rings. The fourth-order valence-electron chi connectivity index (χ4n) is 2.33. The van der Waals surface area contributed by atoms with Gasteiger partial charge in [0, 0.05) is 30.3 Å². The minimum Gasteiger partial charge on any atom is -0.347 e. The highest BCUT2D eigenvalue weighted by molar-refractivity contribution is 5.80. The molecule has 0 aliphatic heterocycles. The molecule has 0 radical (unpaired) electrons. The van der Waals surface area contributed by atoms with Gasteiger partial charge in [0.15, 0.2) is 0 Å². The molecule has 1 aromatic carbocycles. The second kappa shape index (κ2) is 6.27. The fourth-order valence-corrected chi connectivity index (χ4v) is 2.33. The van der Waals surface area contributed by atoms with Gasteiger partial charge in [0.2, 0.25) is 0 Å². The molecular weight excluding hydrogens is 244 g/mol. The lowest BCUT2D eigenvalue weighted by Crippen LogP contribution is -2.35. The van der Waals surface area contributed by atoms with Crippen LogP contribution in [0.15, 0.2) is 43.1 Å². The quantitative estimate of drug-likeness (QED) is 0.604. The van der Waals surface area contributed by atoms with Crippen LogP contribution in [0, 0.1) is 0 Å². The first-order valence-corrected chi connectivity index (χ1v) is 7.43. The summed E-state index contributed by atoms with van der Waals surface area (Å²) in [6.07, 6.45) is 6.41. The predicted molar refractivity (Wildman–Crippen MR) is 88.0 cm³/mol. The van der Waals surface area contributed by atoms with Crippen LogP contribution in [0.4, 0.5) is 0 Å². The monoisotopic (exact) mass is 270 g/mol. The Morgan fingerprint density at radius 1 is 1.25 bits per heavy atom. The van der Waals surface area contributed by atoms with E-state index in [1.54, 1.807) is 0 Å². The topological polar surface area (TPSA) is 17.0 Å². The Morgan fingerprint density at radius 3 is 2.75 bits per heavy atom. The number of rotatable bonds is 6. The van der Waals surface area contributed by atoms with E-state index in [-0.39, 0.29) is 5.54 Å². The van der Waals surface area contributed by atoms with Gasteiger partial charge in [0.05, 0.1) is 0 Å². The zero-order chi connectivity index (χ0) is 14.6. The second-order valence-corrected chi connectivity index (χ2v) is 6.44. The third-order valence-electron chi connectivity index (χ3n) is 3.47. The van der Waals surface area contributed by atoms with E-state index in [1.165, 1.54) is 16.5 Å². The molecule has 108 valence electrons. The fraction of sp³-hybridized carbons (Fsp3) is 0.444. The molecule has 0 atom stereocenters. The second-order valence-electron chi connectivity index (χ2n) is 6.44. The highest BCUT2D eigenvalue weighted by atomic mass is 15.0. The highest BCUT2D eigenvalue weighted by Crippen LogP contribution is 2.19. The van der Waals surface area contributed by atoms with E-state index in [0.29, 0.717) is 0 Å². The Morgan fingerprint density at radius 2 is 2.05 bits per heavy atom. The molecule has 1 aromatic heterocycles. The molecule has 0 amide bonds. The molecule has 0 fully saturated rings. The Hall–Kier alpha value is -1.54. The third kappa shape index (κ3) is 3.97. The summed E-state index contributed by atoms with van der Waals surface area (Å²) in [5.74, 6) is 0. The van der Waals surface area contributed by atoms with Gasteiger partial charge in [0.25, 0.3) is 0 Å². The summed E-state index contributed by atoms with van der Waals surface area (Å²) in [6.45, 7) is 12.3. The Labute approximate surface area is 122 Å². The first-order valence-electron chi connectivity index (χ1n) is 7.43. The number of benzene rings is 1. The van der Waals surface area contributed by atoms with Crippen LogP contribution in [0.2, 0.25) is 0 Å². The number of aromatic nitrogens is 1. The Balaban J connectivity index is 2.09. The molecule has 2 nitrogen and oxygen atoms in total. The zero-order valence-corrected chi connectivity index (χ0v) is 12.9. The molecule has 0 saturated heterocycles. The normalized spacial score (nSPS) is 11.9. The van der Waals surface area contributed by atoms with Crippen LogP contribution < -0.4 is 5.32 Å². The van der Waals surface area contributed by atoms with Crippen molar-refractivity contribution >= 4 is 10.9 Å². The van der Waals surface area contributed by atoms with Crippen molar-refractivity contribution in [2.24, 2.45) is 0 Å². The van der Waals surface area contributed by atoms with E-state index in [0.717, 1.165) is 25.9 Å². The molecule has 0 aliphatic carbocycles. The van der Waals surface area contributed by atoms with Crippen molar-refractivity contribution in [2.75, 3.05) is 0 Å². The first kappa shape index (κ1) is 14.9. The third-order valence-corrected chi connectivity index (χ3v) is 3.47. The van der Waals surface area contributed by atoms with Crippen LogP contribution in [-0.4, -0.2) is 10.1 Å². The molecular formula is C18H26N2. The minimum atomic E-state index is 0.158. The SMILES string of the molecule is C=CCCCn1ccc2cc(CNC(C)(C)C)ccc21. The number of aryl methyl sites for hydroxylation is 1. The van der Waals surface area contributed by atoms with Crippen LogP contribution in [0.1, 0.15) is 39.2 Å². The van der Waals surface area contributed by atoms with Gasteiger partial charge in [-0.3, -0.25) is 0 Å². The van der Waals surface area contributed by atoms with Gasteiger partial charge in [-0.05, 0) is 62.8 Å². The summed E-state index contributed by atoms with van der Waals surface area (Å²) < 4.78 is 2.33. The van der Waals surface area contributed by atoms with Crippen molar-refractivity contribution in [1.29, 1.82) is 0 Å². The largest absolute Gasteiger partial charge is 0.347 e. The van der Waals surface area contributed by atoms with Crippen molar-refractivity contribution in [2.45, 2.75) is 52.2 Å². The molecule has 0 aliphatic rings. The predicted octanol–water partition coefficient (Wildman–Crippen LogP) is 4.50. The van der Waals surface area contributed by atoms with Crippen molar-refractivity contribution in [1.82, 2.24) is 9.88 Å². The maximum atomic E-state index is 3.78. The summed E-state index contributed by atoms with van der Waals surface area (Å²) in [7, 11) is 0. The molecule has 1 heterocycles. The van der Waals surface area contributed by atoms with E-state index in [9.17, 15) is 0 Å². The summed E-state index contributed by atoms with van der Waals surface area (Å²) in [6, 6.07) is 8.97. The number of nitrogens with one attached hydrogen (secondary N) is 1. The minimum absolute atomic E-state index is 0.158. The van der Waals surface area contributed by atoms with Crippen LogP contribution in [0.5, 0.6) is 0 Å². The molecule has 2 heteroatoms. The van der Waals surface area contributed by atoms with Crippen LogP contribution in [0.25, 0.3) is 10.9 Å². The lowest BCUT2D eigenvalue weighted by Gasteiger charge is -2.20. The zero-order valence-electron chi connectivity index (χ0n) is 12.9. The summed E-state index contributed by atoms with van der Waals surface area (Å²) >= 11 is 0. The summed E-state index contributed by atoms with van der Waals surface area (Å²) in [5.41, 5.74) is 2.83. The van der Waals surface area contributed by atoms with Gasteiger partial charge in [0.1, 0.15) is 0 Å². The molecule has 0 bridgehead atoms. The maximum Gasteiger partial charge on any atom is 0.0480 e. The van der Waals surface area contributed by atoms with Gasteiger partial charge in [-0.2, -0.15) is 0 Å². The van der Waals surface area contributed by atoms with Gasteiger partial charge in [-0.15, -0.1) is 6.58 Å². The van der Waals surface area contributed by atoms with Crippen molar-refractivity contribution < 1.29 is 0 Å². The van der Waals surface area contributed by atoms with Crippen molar-refractivity contribution in [3.05, 3.63) is 48.7 Å². The summed E-state index contributed by atoms with van der Waals surface area (Å²) in [4.78, 5) is 0. The smallest absolute Gasteiger partial charge is 0.0480 e. The summed E-state index contributed by atoms with van der Waals surface area (Å²) in [5, 5.41) is 4.86. The van der Waals surface area contributed by atoms with Crippen molar-refractivity contribution in [3.63, 3.8) is 0 Å². The van der Waals surface area contributed by atoms with Crippen LogP contribution in [0.3, 0.4) is 0 Å². The number of nitrogens with zero attached hydrogens (tertiary/aromatic N) is 1. The number of unbranched alkanes of at least 4 members (excludes halogenated alkanes) is 1.